The summed E-state index contributed by atoms with van der Waals surface area (Å²) in [6.07, 6.45) is 1.43. The van der Waals surface area contributed by atoms with E-state index < -0.39 is 0 Å². The molecule has 0 aromatic carbocycles. The summed E-state index contributed by atoms with van der Waals surface area (Å²) in [6.45, 7) is 0. The van der Waals surface area contributed by atoms with E-state index in [-0.39, 0.29) is 5.84 Å². The molecule has 3 N–H and O–H groups in total. The van der Waals surface area contributed by atoms with Gasteiger partial charge in [-0.3, -0.25) is 0 Å². The Labute approximate surface area is 55.1 Å². The highest BCUT2D eigenvalue weighted by molar-refractivity contribution is 6.99. The average Bonchev–Trinajstić information content (AvgIpc) is 2.37. The van der Waals surface area contributed by atoms with Crippen molar-refractivity contribution in [2.45, 2.75) is 0 Å². The molecule has 0 bridgehead atoms. The van der Waals surface area contributed by atoms with Crippen molar-refractivity contribution in [2.75, 3.05) is 0 Å². The highest BCUT2D eigenvalue weighted by atomic mass is 32.1. The summed E-state index contributed by atoms with van der Waals surface area (Å²) in [7, 11) is 0. The smallest absolute Gasteiger partial charge is 0.191 e. The maximum Gasteiger partial charge on any atom is 0.191 e. The van der Waals surface area contributed by atoms with Gasteiger partial charge in [0.2, 0.25) is 0 Å². The first-order valence-electron chi connectivity index (χ1n) is 2.10. The first-order valence-corrected chi connectivity index (χ1v) is 2.83. The lowest BCUT2D eigenvalue weighted by Crippen LogP contribution is -2.12. The fourth-order valence-electron chi connectivity index (χ4n) is 0.329. The predicted molar refractivity (Wildman–Crippen MR) is 32.4 cm³/mol. The van der Waals surface area contributed by atoms with Gasteiger partial charge in [-0.05, 0) is 0 Å². The van der Waals surface area contributed by atoms with E-state index in [2.05, 4.69) is 13.9 Å². The summed E-state index contributed by atoms with van der Waals surface area (Å²) in [4.78, 5) is 0. The van der Waals surface area contributed by atoms with Gasteiger partial charge in [0.25, 0.3) is 0 Å². The van der Waals surface area contributed by atoms with Crippen molar-refractivity contribution in [3.63, 3.8) is 0 Å². The Hall–Kier alpha value is -1.17. The topological polar surface area (TPSA) is 84.4 Å². The zero-order valence-corrected chi connectivity index (χ0v) is 5.17. The molecule has 1 heterocycles. The van der Waals surface area contributed by atoms with Crippen LogP contribution in [0.3, 0.4) is 0 Å². The Kier molecular flexibility index (Phi) is 1.59. The summed E-state index contributed by atoms with van der Waals surface area (Å²) < 4.78 is 7.35. The van der Waals surface area contributed by atoms with Gasteiger partial charge in [-0.25, -0.2) is 0 Å². The summed E-state index contributed by atoms with van der Waals surface area (Å²) in [6, 6.07) is 0. The number of hydrogen-bond acceptors (Lipinski definition) is 5. The third-order valence-corrected chi connectivity index (χ3v) is 1.21. The minimum absolute atomic E-state index is 0.0104. The van der Waals surface area contributed by atoms with Crippen LogP contribution < -0.4 is 5.73 Å². The molecule has 9 heavy (non-hydrogen) atoms. The van der Waals surface area contributed by atoms with E-state index in [0.29, 0.717) is 5.69 Å². The summed E-state index contributed by atoms with van der Waals surface area (Å²) >= 11 is 1.01. The largest absolute Gasteiger partial charge is 0.409 e. The molecule has 1 aromatic rings. The molecule has 0 unspecified atom stereocenters. The van der Waals surface area contributed by atoms with Crippen LogP contribution in [0.15, 0.2) is 11.4 Å². The normalized spacial score (nSPS) is 11.8. The minimum Gasteiger partial charge on any atom is -0.409 e. The van der Waals surface area contributed by atoms with E-state index in [1.54, 1.807) is 0 Å². The number of hydrogen-bond donors (Lipinski definition) is 2. The monoisotopic (exact) mass is 144 g/mol. The third-order valence-electron chi connectivity index (χ3n) is 0.731. The Balaban J connectivity index is 2.90. The molecule has 0 atom stereocenters. The molecule has 0 saturated heterocycles. The maximum atomic E-state index is 8.11. The van der Waals surface area contributed by atoms with Crippen LogP contribution in [0.25, 0.3) is 0 Å². The molecule has 1 rings (SSSR count). The van der Waals surface area contributed by atoms with Crippen molar-refractivity contribution in [1.29, 1.82) is 0 Å². The molecule has 0 aliphatic rings. The molecule has 48 valence electrons. The molecular weight excluding hydrogens is 140 g/mol. The highest BCUT2D eigenvalue weighted by Gasteiger charge is 1.99. The van der Waals surface area contributed by atoms with Crippen LogP contribution in [0.5, 0.6) is 0 Å². The molecule has 0 radical (unpaired) electrons. The Bertz CT molecular complexity index is 206. The van der Waals surface area contributed by atoms with Crippen molar-refractivity contribution in [2.24, 2.45) is 10.9 Å². The van der Waals surface area contributed by atoms with Gasteiger partial charge in [0.05, 0.1) is 17.9 Å². The molecule has 0 aliphatic carbocycles. The Morgan fingerprint density at radius 3 is 3.11 bits per heavy atom. The van der Waals surface area contributed by atoms with Gasteiger partial charge >= 0.3 is 0 Å². The number of rotatable bonds is 1. The van der Waals surface area contributed by atoms with Crippen molar-refractivity contribution in [3.8, 4) is 0 Å². The molecule has 6 heteroatoms. The molecule has 0 aliphatic heterocycles. The minimum atomic E-state index is -0.0104. The van der Waals surface area contributed by atoms with Crippen LogP contribution in [0.1, 0.15) is 5.69 Å². The Morgan fingerprint density at radius 1 is 1.89 bits per heavy atom. The van der Waals surface area contributed by atoms with Crippen molar-refractivity contribution in [1.82, 2.24) is 8.75 Å². The van der Waals surface area contributed by atoms with Crippen LogP contribution in [0.4, 0.5) is 0 Å². The van der Waals surface area contributed by atoms with Crippen LogP contribution in [-0.4, -0.2) is 19.8 Å². The van der Waals surface area contributed by atoms with E-state index in [4.69, 9.17) is 10.9 Å². The van der Waals surface area contributed by atoms with Gasteiger partial charge in [-0.15, -0.1) is 0 Å². The van der Waals surface area contributed by atoms with E-state index in [9.17, 15) is 0 Å². The standard InChI is InChI=1S/C3H4N4OS/c4-3(6-8)2-1-5-9-7-2/h1,8H,(H2,4,6). The van der Waals surface area contributed by atoms with Gasteiger partial charge in [-0.2, -0.15) is 8.75 Å². The van der Waals surface area contributed by atoms with Crippen LogP contribution in [0, 0.1) is 0 Å². The fraction of sp³-hybridized carbons (Fsp3) is 0. The third kappa shape index (κ3) is 1.14. The second kappa shape index (κ2) is 2.40. The van der Waals surface area contributed by atoms with Gasteiger partial charge in [-0.1, -0.05) is 5.16 Å². The lowest BCUT2D eigenvalue weighted by atomic mass is 10.5. The zero-order chi connectivity index (χ0) is 6.69. The average molecular weight is 144 g/mol. The summed E-state index contributed by atoms with van der Waals surface area (Å²) in [5.74, 6) is -0.0104. The second-order valence-corrected chi connectivity index (χ2v) is 1.83. The number of amidine groups is 1. The lowest BCUT2D eigenvalue weighted by Gasteiger charge is -1.85. The van der Waals surface area contributed by atoms with E-state index in [1.807, 2.05) is 0 Å². The van der Waals surface area contributed by atoms with Crippen molar-refractivity contribution in [3.05, 3.63) is 11.9 Å². The number of nitrogens with two attached hydrogens (primary N) is 1. The molecule has 0 spiro atoms. The van der Waals surface area contributed by atoms with Crippen LogP contribution >= 0.6 is 11.7 Å². The molecule has 0 amide bonds. The maximum absolute atomic E-state index is 8.11. The van der Waals surface area contributed by atoms with Crippen LogP contribution in [0.2, 0.25) is 0 Å². The van der Waals surface area contributed by atoms with E-state index in [0.717, 1.165) is 11.7 Å². The zero-order valence-electron chi connectivity index (χ0n) is 4.35. The molecule has 1 aromatic heterocycles. The SMILES string of the molecule is NC(=NO)c1cnsn1. The quantitative estimate of drug-likeness (QED) is 0.244. The van der Waals surface area contributed by atoms with Crippen molar-refractivity contribution >= 4 is 17.6 Å². The first kappa shape index (κ1) is 5.96. The number of aromatic nitrogens is 2. The van der Waals surface area contributed by atoms with Gasteiger partial charge in [0, 0.05) is 0 Å². The van der Waals surface area contributed by atoms with E-state index >= 15 is 0 Å². The van der Waals surface area contributed by atoms with Gasteiger partial charge in [0.15, 0.2) is 5.84 Å². The fourth-order valence-corrected chi connectivity index (χ4v) is 0.752. The lowest BCUT2D eigenvalue weighted by molar-refractivity contribution is 0.318. The molecule has 5 nitrogen and oxygen atoms in total. The molecule has 0 saturated carbocycles. The summed E-state index contributed by atoms with van der Waals surface area (Å²) in [5.41, 5.74) is 5.55. The van der Waals surface area contributed by atoms with Gasteiger partial charge in [0.1, 0.15) is 5.69 Å². The second-order valence-electron chi connectivity index (χ2n) is 1.28. The Morgan fingerprint density at radius 2 is 2.67 bits per heavy atom. The first-order chi connectivity index (χ1) is 4.34. The summed E-state index contributed by atoms with van der Waals surface area (Å²) in [5, 5.41) is 10.8. The number of oxime groups is 1. The predicted octanol–water partition coefficient (Wildman–Crippen LogP) is -0.367. The van der Waals surface area contributed by atoms with Gasteiger partial charge < -0.3 is 10.9 Å². The van der Waals surface area contributed by atoms with E-state index in [1.165, 1.54) is 6.20 Å². The van der Waals surface area contributed by atoms with Crippen LogP contribution in [-0.2, 0) is 0 Å². The molecular formula is C3H4N4OS. The highest BCUT2D eigenvalue weighted by Crippen LogP contribution is 1.92. The van der Waals surface area contributed by atoms with Crippen molar-refractivity contribution < 1.29 is 5.21 Å². The molecule has 0 fully saturated rings. The number of nitrogens with zero attached hydrogens (tertiary/aromatic N) is 3.